The van der Waals surface area contributed by atoms with Gasteiger partial charge in [0.15, 0.2) is 16.7 Å². The van der Waals surface area contributed by atoms with E-state index in [1.54, 1.807) is 0 Å². The van der Waals surface area contributed by atoms with Crippen LogP contribution in [0.5, 0.6) is 0 Å². The molecule has 222 valence electrons. The molecule has 0 N–H and O–H groups in total. The topological polar surface area (TPSA) is 69.8 Å². The van der Waals surface area contributed by atoms with E-state index >= 15 is 0 Å². The van der Waals surface area contributed by atoms with Crippen LogP contribution in [-0.2, 0) is 0 Å². The van der Waals surface area contributed by atoms with Crippen molar-refractivity contribution in [2.24, 2.45) is 0 Å². The predicted octanol–water partition coefficient (Wildman–Crippen LogP) is 8.79. The van der Waals surface area contributed by atoms with Crippen molar-refractivity contribution in [2.45, 2.75) is 0 Å². The molecule has 0 aliphatic heterocycles. The second-order valence-corrected chi connectivity index (χ2v) is 12.2. The van der Waals surface area contributed by atoms with E-state index in [-0.39, 0.29) is 10.9 Å². The number of nitrogens with zero attached hydrogens (tertiary/aromatic N) is 4. The molecule has 0 bridgehead atoms. The van der Waals surface area contributed by atoms with Crippen LogP contribution in [0.1, 0.15) is 0 Å². The van der Waals surface area contributed by atoms with Crippen molar-refractivity contribution < 1.29 is 0 Å². The van der Waals surface area contributed by atoms with E-state index in [4.69, 9.17) is 9.36 Å². The lowest BCUT2D eigenvalue weighted by Crippen LogP contribution is -2.10. The van der Waals surface area contributed by atoms with Gasteiger partial charge in [-0.15, -0.1) is 0 Å². The summed E-state index contributed by atoms with van der Waals surface area (Å²) in [6.45, 7) is 0. The van der Waals surface area contributed by atoms with Gasteiger partial charge < -0.3 is 9.13 Å². The average Bonchev–Trinajstić information content (AvgIpc) is 3.63. The average molecular weight is 625 g/mol. The fourth-order valence-electron chi connectivity index (χ4n) is 6.52. The number of fused-ring (bicyclic) bond motifs is 4. The number of para-hydroxylation sites is 4. The molecular formula is C40H24N4O2S. The number of hydrogen-bond acceptors (Lipinski definition) is 5. The molecule has 0 saturated heterocycles. The summed E-state index contributed by atoms with van der Waals surface area (Å²) in [6, 6.07) is 47.3. The summed E-state index contributed by atoms with van der Waals surface area (Å²) in [5.41, 5.74) is 7.34. The van der Waals surface area contributed by atoms with E-state index in [9.17, 15) is 9.59 Å². The first-order valence-electron chi connectivity index (χ1n) is 15.3. The summed E-state index contributed by atoms with van der Waals surface area (Å²) in [5.74, 6) is 0.660. The third-order valence-corrected chi connectivity index (χ3v) is 9.50. The SMILES string of the molecule is O=c1c2ccccc2n(-c2ccc(-c3nsc(-c4ccc(-n5c6ccccc6c(=O)c6ccccc65)cc4)n3)cc2)c2ccccc12. The summed E-state index contributed by atoms with van der Waals surface area (Å²) in [6.07, 6.45) is 0. The maximum atomic E-state index is 13.2. The fourth-order valence-corrected chi connectivity index (χ4v) is 7.21. The molecule has 6 nitrogen and oxygen atoms in total. The first-order chi connectivity index (χ1) is 23.2. The summed E-state index contributed by atoms with van der Waals surface area (Å²) < 4.78 is 8.96. The van der Waals surface area contributed by atoms with Gasteiger partial charge in [0.05, 0.1) is 22.1 Å². The van der Waals surface area contributed by atoms with Gasteiger partial charge in [-0.05, 0) is 109 Å². The lowest BCUT2D eigenvalue weighted by atomic mass is 10.1. The highest BCUT2D eigenvalue weighted by molar-refractivity contribution is 7.09. The second-order valence-electron chi connectivity index (χ2n) is 11.4. The fraction of sp³-hybridized carbons (Fsp3) is 0. The van der Waals surface area contributed by atoms with Crippen molar-refractivity contribution in [2.75, 3.05) is 0 Å². The normalized spacial score (nSPS) is 11.6. The Balaban J connectivity index is 1.07. The minimum Gasteiger partial charge on any atom is -0.309 e. The molecule has 9 aromatic rings. The number of benzene rings is 6. The van der Waals surface area contributed by atoms with Gasteiger partial charge in [-0.25, -0.2) is 4.98 Å². The first kappa shape index (κ1) is 27.2. The van der Waals surface area contributed by atoms with E-state index in [2.05, 4.69) is 33.4 Å². The Morgan fingerprint density at radius 2 is 0.787 bits per heavy atom. The van der Waals surface area contributed by atoms with E-state index in [0.717, 1.165) is 49.6 Å². The van der Waals surface area contributed by atoms with Crippen molar-refractivity contribution >= 4 is 55.1 Å². The van der Waals surface area contributed by atoms with Gasteiger partial charge in [-0.1, -0.05) is 48.5 Å². The van der Waals surface area contributed by atoms with Crippen LogP contribution in [0.4, 0.5) is 0 Å². The molecule has 0 aliphatic rings. The van der Waals surface area contributed by atoms with E-state index in [1.807, 2.05) is 121 Å². The number of rotatable bonds is 4. The van der Waals surface area contributed by atoms with Crippen LogP contribution in [0.25, 0.3) is 76.9 Å². The van der Waals surface area contributed by atoms with Crippen molar-refractivity contribution in [3.63, 3.8) is 0 Å². The standard InChI is InChI=1S/C40H24N4O2S/c45-37-29-9-1-5-13-33(29)43(34-14-6-2-10-30(34)37)27-21-17-25(18-22-27)39-41-40(47-42-39)26-19-23-28(24-20-26)44-35-15-7-3-11-31(35)38(46)32-12-4-8-16-36(32)44/h1-24H. The molecule has 0 unspecified atom stereocenters. The molecule has 0 radical (unpaired) electrons. The lowest BCUT2D eigenvalue weighted by Gasteiger charge is -2.15. The smallest absolute Gasteiger partial charge is 0.197 e. The van der Waals surface area contributed by atoms with Gasteiger partial charge in [0.1, 0.15) is 5.01 Å². The first-order valence-corrected chi connectivity index (χ1v) is 16.0. The molecule has 0 fully saturated rings. The number of hydrogen-bond donors (Lipinski definition) is 0. The van der Waals surface area contributed by atoms with Gasteiger partial charge in [0.2, 0.25) is 0 Å². The van der Waals surface area contributed by atoms with Crippen molar-refractivity contribution in [3.8, 4) is 33.3 Å². The second kappa shape index (κ2) is 10.7. The highest BCUT2D eigenvalue weighted by Gasteiger charge is 2.15. The van der Waals surface area contributed by atoms with Gasteiger partial charge in [-0.3, -0.25) is 9.59 Å². The van der Waals surface area contributed by atoms with Crippen LogP contribution in [0.15, 0.2) is 155 Å². The molecule has 0 amide bonds. The van der Waals surface area contributed by atoms with Crippen LogP contribution in [-0.4, -0.2) is 18.5 Å². The minimum atomic E-state index is 0.0389. The van der Waals surface area contributed by atoms with Crippen LogP contribution in [0, 0.1) is 0 Å². The van der Waals surface area contributed by atoms with Crippen LogP contribution >= 0.6 is 11.5 Å². The molecule has 0 spiro atoms. The van der Waals surface area contributed by atoms with E-state index < -0.39 is 0 Å². The zero-order valence-corrected chi connectivity index (χ0v) is 25.7. The molecule has 0 saturated carbocycles. The maximum absolute atomic E-state index is 13.2. The monoisotopic (exact) mass is 624 g/mol. The zero-order chi connectivity index (χ0) is 31.5. The minimum absolute atomic E-state index is 0.0389. The number of aromatic nitrogens is 4. The largest absolute Gasteiger partial charge is 0.309 e. The summed E-state index contributed by atoms with van der Waals surface area (Å²) in [7, 11) is 0. The molecular weight excluding hydrogens is 601 g/mol. The summed E-state index contributed by atoms with van der Waals surface area (Å²) in [4.78, 5) is 31.3. The van der Waals surface area contributed by atoms with Crippen molar-refractivity contribution in [1.29, 1.82) is 0 Å². The van der Waals surface area contributed by atoms with Gasteiger partial charge in [0, 0.05) is 44.0 Å². The lowest BCUT2D eigenvalue weighted by molar-refractivity contribution is 1.16. The number of pyridine rings is 2. The van der Waals surface area contributed by atoms with Crippen LogP contribution in [0.2, 0.25) is 0 Å². The highest BCUT2D eigenvalue weighted by atomic mass is 32.1. The predicted molar refractivity (Wildman–Crippen MR) is 192 cm³/mol. The van der Waals surface area contributed by atoms with Gasteiger partial charge >= 0.3 is 0 Å². The van der Waals surface area contributed by atoms with Crippen LogP contribution in [0.3, 0.4) is 0 Å². The summed E-state index contributed by atoms with van der Waals surface area (Å²) >= 11 is 1.36. The van der Waals surface area contributed by atoms with E-state index in [1.165, 1.54) is 11.5 Å². The molecule has 3 heterocycles. The molecule has 7 heteroatoms. The molecule has 47 heavy (non-hydrogen) atoms. The Labute approximate surface area is 272 Å². The third-order valence-electron chi connectivity index (χ3n) is 8.74. The molecule has 6 aromatic carbocycles. The van der Waals surface area contributed by atoms with E-state index in [0.29, 0.717) is 27.4 Å². The Hall–Kier alpha value is -6.18. The molecule has 3 aromatic heterocycles. The summed E-state index contributed by atoms with van der Waals surface area (Å²) in [5, 5.41) is 3.58. The van der Waals surface area contributed by atoms with Crippen molar-refractivity contribution in [1.82, 2.24) is 18.5 Å². The Morgan fingerprint density at radius 1 is 0.426 bits per heavy atom. The zero-order valence-electron chi connectivity index (χ0n) is 24.9. The molecule has 0 atom stereocenters. The Morgan fingerprint density at radius 3 is 1.19 bits per heavy atom. The maximum Gasteiger partial charge on any atom is 0.197 e. The third kappa shape index (κ3) is 4.32. The Kier molecular flexibility index (Phi) is 6.19. The molecule has 0 aliphatic carbocycles. The quantitative estimate of drug-likeness (QED) is 0.184. The van der Waals surface area contributed by atoms with Gasteiger partial charge in [-0.2, -0.15) is 4.37 Å². The highest BCUT2D eigenvalue weighted by Crippen LogP contribution is 2.30. The van der Waals surface area contributed by atoms with Crippen LogP contribution < -0.4 is 10.9 Å². The van der Waals surface area contributed by atoms with Gasteiger partial charge in [0.25, 0.3) is 0 Å². The molecule has 9 rings (SSSR count). The van der Waals surface area contributed by atoms with Crippen molar-refractivity contribution in [3.05, 3.63) is 166 Å². The Bertz CT molecular complexity index is 2470.